The van der Waals surface area contributed by atoms with Crippen LogP contribution in [0.5, 0.6) is 0 Å². The number of ether oxygens (including phenoxy) is 1. The molecular formula is C22H26FN5O2. The van der Waals surface area contributed by atoms with E-state index >= 15 is 0 Å². The molecule has 1 saturated heterocycles. The largest absolute Gasteiger partial charge is 0.444 e. The lowest BCUT2D eigenvalue weighted by atomic mass is 10.0. The summed E-state index contributed by atoms with van der Waals surface area (Å²) >= 11 is 0. The van der Waals surface area contributed by atoms with Crippen LogP contribution >= 0.6 is 0 Å². The third-order valence-corrected chi connectivity index (χ3v) is 5.19. The van der Waals surface area contributed by atoms with Crippen LogP contribution in [0.2, 0.25) is 0 Å². The van der Waals surface area contributed by atoms with Crippen LogP contribution in [0.1, 0.15) is 38.4 Å². The minimum absolute atomic E-state index is 0.266. The number of halogens is 1. The van der Waals surface area contributed by atoms with Gasteiger partial charge in [-0.1, -0.05) is 0 Å². The number of pyridine rings is 1. The van der Waals surface area contributed by atoms with Crippen LogP contribution < -0.4 is 0 Å². The molecular weight excluding hydrogens is 385 g/mol. The number of carbonyl (C=O) groups is 1. The van der Waals surface area contributed by atoms with Gasteiger partial charge in [-0.15, -0.1) is 0 Å². The Kier molecular flexibility index (Phi) is 5.17. The van der Waals surface area contributed by atoms with E-state index in [2.05, 4.69) is 9.97 Å². The molecule has 0 unspecified atom stereocenters. The third-order valence-electron chi connectivity index (χ3n) is 5.19. The van der Waals surface area contributed by atoms with Crippen molar-refractivity contribution in [2.75, 3.05) is 13.1 Å². The molecule has 3 aromatic rings. The van der Waals surface area contributed by atoms with Crippen LogP contribution in [-0.4, -0.2) is 49.0 Å². The minimum Gasteiger partial charge on any atom is -0.444 e. The van der Waals surface area contributed by atoms with Crippen molar-refractivity contribution in [3.05, 3.63) is 47.8 Å². The fourth-order valence-corrected chi connectivity index (χ4v) is 3.69. The molecule has 30 heavy (non-hydrogen) atoms. The van der Waals surface area contributed by atoms with Crippen molar-refractivity contribution in [1.82, 2.24) is 24.3 Å². The van der Waals surface area contributed by atoms with Gasteiger partial charge in [0.2, 0.25) is 0 Å². The number of fused-ring (bicyclic) bond motifs is 1. The van der Waals surface area contributed by atoms with E-state index in [1.807, 2.05) is 27.7 Å². The minimum atomic E-state index is -0.499. The number of carbonyl (C=O) groups excluding carboxylic acids is 1. The Hall–Kier alpha value is -3.03. The summed E-state index contributed by atoms with van der Waals surface area (Å²) in [5, 5.41) is 0. The second kappa shape index (κ2) is 7.66. The van der Waals surface area contributed by atoms with E-state index < -0.39 is 5.60 Å². The number of aryl methyl sites for hydroxylation is 1. The standard InChI is InChI=1S/C22H26FN5O2/c1-14-10-25-20(18-11-24-19-6-5-16(23)13-28(18)19)26-17(14)9-15-7-8-27(12-15)21(29)30-22(2,3)4/h5-6,10-11,13,15H,7-9,12H2,1-4H3/t15-/m0/s1. The molecule has 0 saturated carbocycles. The van der Waals surface area contributed by atoms with Crippen molar-refractivity contribution in [2.45, 2.75) is 46.1 Å². The summed E-state index contributed by atoms with van der Waals surface area (Å²) in [5.41, 5.74) is 2.71. The first-order valence-corrected chi connectivity index (χ1v) is 10.1. The van der Waals surface area contributed by atoms with Gasteiger partial charge in [-0.25, -0.2) is 24.1 Å². The summed E-state index contributed by atoms with van der Waals surface area (Å²) in [6.45, 7) is 8.92. The fourth-order valence-electron chi connectivity index (χ4n) is 3.69. The van der Waals surface area contributed by atoms with Crippen LogP contribution in [0.15, 0.2) is 30.7 Å². The lowest BCUT2D eigenvalue weighted by Crippen LogP contribution is -2.35. The maximum absolute atomic E-state index is 13.7. The molecule has 0 radical (unpaired) electrons. The summed E-state index contributed by atoms with van der Waals surface area (Å²) in [5.74, 6) is 0.469. The van der Waals surface area contributed by atoms with E-state index in [1.165, 1.54) is 12.3 Å². The second-order valence-electron chi connectivity index (χ2n) is 8.83. The summed E-state index contributed by atoms with van der Waals surface area (Å²) < 4.78 is 20.8. The monoisotopic (exact) mass is 411 g/mol. The zero-order valence-corrected chi connectivity index (χ0v) is 17.7. The Bertz CT molecular complexity index is 1090. The smallest absolute Gasteiger partial charge is 0.410 e. The summed E-state index contributed by atoms with van der Waals surface area (Å²) in [7, 11) is 0. The van der Waals surface area contributed by atoms with Crippen molar-refractivity contribution in [2.24, 2.45) is 5.92 Å². The van der Waals surface area contributed by atoms with Gasteiger partial charge in [0.15, 0.2) is 5.82 Å². The van der Waals surface area contributed by atoms with Crippen LogP contribution in [0, 0.1) is 18.7 Å². The normalized spacial score (nSPS) is 17.0. The molecule has 1 aliphatic heterocycles. The average Bonchev–Trinajstić information content (AvgIpc) is 3.29. The van der Waals surface area contributed by atoms with E-state index in [0.29, 0.717) is 36.2 Å². The Morgan fingerprint density at radius 3 is 2.83 bits per heavy atom. The molecule has 1 atom stereocenters. The number of aromatic nitrogens is 4. The highest BCUT2D eigenvalue weighted by molar-refractivity contribution is 5.68. The van der Waals surface area contributed by atoms with Crippen molar-refractivity contribution < 1.29 is 13.9 Å². The Labute approximate surface area is 174 Å². The molecule has 3 aromatic heterocycles. The molecule has 1 fully saturated rings. The van der Waals surface area contributed by atoms with Gasteiger partial charge in [-0.3, -0.25) is 4.40 Å². The van der Waals surface area contributed by atoms with Gasteiger partial charge in [0, 0.05) is 31.2 Å². The highest BCUT2D eigenvalue weighted by atomic mass is 19.1. The van der Waals surface area contributed by atoms with Crippen molar-refractivity contribution >= 4 is 11.7 Å². The lowest BCUT2D eigenvalue weighted by Gasteiger charge is -2.24. The molecule has 0 aliphatic carbocycles. The molecule has 158 valence electrons. The van der Waals surface area contributed by atoms with E-state index in [0.717, 1.165) is 24.1 Å². The number of likely N-dealkylation sites (tertiary alicyclic amines) is 1. The number of rotatable bonds is 3. The highest BCUT2D eigenvalue weighted by Gasteiger charge is 2.30. The molecule has 0 aromatic carbocycles. The first-order valence-electron chi connectivity index (χ1n) is 10.1. The maximum atomic E-state index is 13.7. The van der Waals surface area contributed by atoms with E-state index in [9.17, 15) is 9.18 Å². The third kappa shape index (κ3) is 4.27. The summed E-state index contributed by atoms with van der Waals surface area (Å²) in [4.78, 5) is 27.6. The average molecular weight is 411 g/mol. The number of hydrogen-bond donors (Lipinski definition) is 0. The van der Waals surface area contributed by atoms with Crippen LogP contribution in [0.3, 0.4) is 0 Å². The second-order valence-corrected chi connectivity index (χ2v) is 8.83. The highest BCUT2D eigenvalue weighted by Crippen LogP contribution is 2.25. The van der Waals surface area contributed by atoms with E-state index in [1.54, 1.807) is 27.8 Å². The Morgan fingerprint density at radius 1 is 1.27 bits per heavy atom. The summed E-state index contributed by atoms with van der Waals surface area (Å²) in [6, 6.07) is 3.00. The molecule has 0 N–H and O–H groups in total. The van der Waals surface area contributed by atoms with E-state index in [-0.39, 0.29) is 11.9 Å². The number of imidazole rings is 1. The van der Waals surface area contributed by atoms with Crippen molar-refractivity contribution in [3.8, 4) is 11.5 Å². The Morgan fingerprint density at radius 2 is 2.07 bits per heavy atom. The molecule has 8 heteroatoms. The first kappa shape index (κ1) is 20.3. The molecule has 1 aliphatic rings. The quantitative estimate of drug-likeness (QED) is 0.650. The van der Waals surface area contributed by atoms with Crippen molar-refractivity contribution in [1.29, 1.82) is 0 Å². The van der Waals surface area contributed by atoms with Gasteiger partial charge >= 0.3 is 6.09 Å². The number of amides is 1. The molecule has 4 heterocycles. The molecule has 1 amide bonds. The molecule has 7 nitrogen and oxygen atoms in total. The van der Waals surface area contributed by atoms with E-state index in [4.69, 9.17) is 9.72 Å². The summed E-state index contributed by atoms with van der Waals surface area (Å²) in [6.07, 6.45) is 6.21. The predicted molar refractivity (Wildman–Crippen MR) is 111 cm³/mol. The molecule has 0 spiro atoms. The van der Waals surface area contributed by atoms with Crippen LogP contribution in [-0.2, 0) is 11.2 Å². The zero-order valence-electron chi connectivity index (χ0n) is 17.7. The Balaban J connectivity index is 1.52. The molecule has 4 rings (SSSR count). The van der Waals surface area contributed by atoms with Gasteiger partial charge in [0.25, 0.3) is 0 Å². The van der Waals surface area contributed by atoms with Gasteiger partial charge < -0.3 is 9.64 Å². The van der Waals surface area contributed by atoms with Gasteiger partial charge in [0.1, 0.15) is 22.8 Å². The van der Waals surface area contributed by atoms with Gasteiger partial charge in [0.05, 0.1) is 6.20 Å². The van der Waals surface area contributed by atoms with Gasteiger partial charge in [-0.2, -0.15) is 0 Å². The maximum Gasteiger partial charge on any atom is 0.410 e. The fraction of sp³-hybridized carbons (Fsp3) is 0.455. The number of hydrogen-bond acceptors (Lipinski definition) is 5. The van der Waals surface area contributed by atoms with Crippen LogP contribution in [0.25, 0.3) is 17.2 Å². The SMILES string of the molecule is Cc1cnc(-c2cnc3ccc(F)cn23)nc1C[C@@H]1CCN(C(=O)OC(C)(C)C)C1. The topological polar surface area (TPSA) is 72.6 Å². The van der Waals surface area contributed by atoms with Crippen molar-refractivity contribution in [3.63, 3.8) is 0 Å². The van der Waals surface area contributed by atoms with Gasteiger partial charge in [-0.05, 0) is 64.2 Å². The van der Waals surface area contributed by atoms with Crippen LogP contribution in [0.4, 0.5) is 9.18 Å². The first-order chi connectivity index (χ1) is 14.2. The number of nitrogens with zero attached hydrogens (tertiary/aromatic N) is 5. The lowest BCUT2D eigenvalue weighted by molar-refractivity contribution is 0.0288. The molecule has 0 bridgehead atoms. The zero-order chi connectivity index (χ0) is 21.5. The predicted octanol–water partition coefficient (Wildman–Crippen LogP) is 4.04.